The van der Waals surface area contributed by atoms with Gasteiger partial charge in [-0.3, -0.25) is 9.59 Å². The molecule has 0 radical (unpaired) electrons. The Kier molecular flexibility index (Phi) is 5.16. The highest BCUT2D eigenvalue weighted by molar-refractivity contribution is 5.85. The zero-order valence-electron chi connectivity index (χ0n) is 11.9. The molecule has 108 valence electrons. The summed E-state index contributed by atoms with van der Waals surface area (Å²) in [6, 6.07) is 9.47. The quantitative estimate of drug-likeness (QED) is 0.828. The number of nitrogens with zero attached hydrogens (tertiary/aromatic N) is 1. The van der Waals surface area contributed by atoms with E-state index in [0.29, 0.717) is 32.5 Å². The molecule has 1 amide bonds. The van der Waals surface area contributed by atoms with E-state index < -0.39 is 0 Å². The molecule has 2 rings (SSSR count). The van der Waals surface area contributed by atoms with Gasteiger partial charge in [0.05, 0.1) is 13.0 Å². The largest absolute Gasteiger partial charge is 0.493 e. The molecule has 1 saturated heterocycles. The van der Waals surface area contributed by atoms with Crippen molar-refractivity contribution in [1.29, 1.82) is 0 Å². The molecule has 1 fully saturated rings. The molecule has 1 aromatic rings. The summed E-state index contributed by atoms with van der Waals surface area (Å²) in [5.41, 5.74) is 0. The highest BCUT2D eigenvalue weighted by atomic mass is 16.5. The second-order valence-corrected chi connectivity index (χ2v) is 5.07. The van der Waals surface area contributed by atoms with E-state index in [-0.39, 0.29) is 17.6 Å². The number of carbonyl (C=O) groups is 2. The van der Waals surface area contributed by atoms with Crippen LogP contribution in [0.15, 0.2) is 30.3 Å². The zero-order valence-corrected chi connectivity index (χ0v) is 11.9. The SMILES string of the molecule is CCC1CN(C(=O)CCOc2ccccc2)CCC1=O. The minimum Gasteiger partial charge on any atom is -0.493 e. The van der Waals surface area contributed by atoms with Crippen molar-refractivity contribution in [3.05, 3.63) is 30.3 Å². The molecule has 1 heterocycles. The van der Waals surface area contributed by atoms with Crippen molar-refractivity contribution in [1.82, 2.24) is 4.90 Å². The van der Waals surface area contributed by atoms with Crippen LogP contribution in [0.4, 0.5) is 0 Å². The van der Waals surface area contributed by atoms with Gasteiger partial charge in [0.15, 0.2) is 0 Å². The monoisotopic (exact) mass is 275 g/mol. The van der Waals surface area contributed by atoms with Gasteiger partial charge in [0, 0.05) is 25.4 Å². The Hall–Kier alpha value is -1.84. The van der Waals surface area contributed by atoms with E-state index in [2.05, 4.69) is 0 Å². The molecule has 1 aliphatic heterocycles. The summed E-state index contributed by atoms with van der Waals surface area (Å²) in [7, 11) is 0. The van der Waals surface area contributed by atoms with Crippen molar-refractivity contribution < 1.29 is 14.3 Å². The van der Waals surface area contributed by atoms with Gasteiger partial charge in [0.2, 0.25) is 5.91 Å². The number of piperidine rings is 1. The second kappa shape index (κ2) is 7.08. The van der Waals surface area contributed by atoms with Gasteiger partial charge in [-0.25, -0.2) is 0 Å². The van der Waals surface area contributed by atoms with Crippen molar-refractivity contribution in [2.75, 3.05) is 19.7 Å². The molecule has 4 nitrogen and oxygen atoms in total. The Labute approximate surface area is 119 Å². The summed E-state index contributed by atoms with van der Waals surface area (Å²) in [5.74, 6) is 1.16. The lowest BCUT2D eigenvalue weighted by atomic mass is 9.94. The standard InChI is InChI=1S/C16H21NO3/c1-2-13-12-17(10-8-15(13)18)16(19)9-11-20-14-6-4-3-5-7-14/h3-7,13H,2,8-12H2,1H3. The maximum atomic E-state index is 12.1. The van der Waals surface area contributed by atoms with Gasteiger partial charge in [-0.15, -0.1) is 0 Å². The average Bonchev–Trinajstić information content (AvgIpc) is 2.48. The first-order valence-electron chi connectivity index (χ1n) is 7.19. The number of ketones is 1. The third-order valence-electron chi connectivity index (χ3n) is 3.70. The normalized spacial score (nSPS) is 18.9. The van der Waals surface area contributed by atoms with Crippen LogP contribution in [-0.4, -0.2) is 36.3 Å². The van der Waals surface area contributed by atoms with Crippen molar-refractivity contribution in [2.45, 2.75) is 26.2 Å². The Morgan fingerprint density at radius 3 is 2.80 bits per heavy atom. The number of rotatable bonds is 5. The van der Waals surface area contributed by atoms with Crippen LogP contribution in [0.1, 0.15) is 26.2 Å². The van der Waals surface area contributed by atoms with Crippen molar-refractivity contribution in [2.24, 2.45) is 5.92 Å². The number of hydrogen-bond donors (Lipinski definition) is 0. The molecule has 1 atom stereocenters. The molecule has 1 aliphatic rings. The van der Waals surface area contributed by atoms with E-state index in [1.54, 1.807) is 4.90 Å². The fourth-order valence-electron chi connectivity index (χ4n) is 2.42. The van der Waals surface area contributed by atoms with Crippen molar-refractivity contribution in [3.63, 3.8) is 0 Å². The number of benzene rings is 1. The Bertz CT molecular complexity index is 458. The van der Waals surface area contributed by atoms with Gasteiger partial charge in [0.25, 0.3) is 0 Å². The molecule has 1 aromatic carbocycles. The van der Waals surface area contributed by atoms with Crippen LogP contribution in [0, 0.1) is 5.92 Å². The molecule has 0 aliphatic carbocycles. The highest BCUT2D eigenvalue weighted by Crippen LogP contribution is 2.17. The predicted octanol–water partition coefficient (Wildman–Crippen LogP) is 2.28. The highest BCUT2D eigenvalue weighted by Gasteiger charge is 2.28. The number of likely N-dealkylation sites (tertiary alicyclic amines) is 1. The molecule has 1 unspecified atom stereocenters. The molecule has 0 spiro atoms. The maximum Gasteiger partial charge on any atom is 0.226 e. The summed E-state index contributed by atoms with van der Waals surface area (Å²) in [6.07, 6.45) is 1.66. The summed E-state index contributed by atoms with van der Waals surface area (Å²) in [4.78, 5) is 25.5. The van der Waals surface area contributed by atoms with Crippen LogP contribution in [0.25, 0.3) is 0 Å². The van der Waals surface area contributed by atoms with Crippen LogP contribution in [0.5, 0.6) is 5.75 Å². The molecule has 0 saturated carbocycles. The van der Waals surface area contributed by atoms with E-state index in [9.17, 15) is 9.59 Å². The average molecular weight is 275 g/mol. The van der Waals surface area contributed by atoms with Crippen LogP contribution < -0.4 is 4.74 Å². The van der Waals surface area contributed by atoms with Crippen molar-refractivity contribution in [3.8, 4) is 5.75 Å². The molecular weight excluding hydrogens is 254 g/mol. The van der Waals surface area contributed by atoms with E-state index in [4.69, 9.17) is 4.74 Å². The van der Waals surface area contributed by atoms with Crippen LogP contribution in [-0.2, 0) is 9.59 Å². The first kappa shape index (κ1) is 14.6. The van der Waals surface area contributed by atoms with Gasteiger partial charge in [-0.1, -0.05) is 25.1 Å². The van der Waals surface area contributed by atoms with Gasteiger partial charge in [-0.2, -0.15) is 0 Å². The third-order valence-corrected chi connectivity index (χ3v) is 3.70. The minimum absolute atomic E-state index is 0.0164. The Morgan fingerprint density at radius 2 is 2.10 bits per heavy atom. The van der Waals surface area contributed by atoms with Gasteiger partial charge >= 0.3 is 0 Å². The third kappa shape index (κ3) is 3.83. The van der Waals surface area contributed by atoms with Crippen LogP contribution in [0.2, 0.25) is 0 Å². The van der Waals surface area contributed by atoms with E-state index in [1.165, 1.54) is 0 Å². The first-order chi connectivity index (χ1) is 9.70. The van der Waals surface area contributed by atoms with Crippen molar-refractivity contribution >= 4 is 11.7 Å². The number of ether oxygens (including phenoxy) is 1. The molecule has 0 aromatic heterocycles. The lowest BCUT2D eigenvalue weighted by Crippen LogP contribution is -2.44. The number of carbonyl (C=O) groups excluding carboxylic acids is 2. The number of Topliss-reactive ketones (excluding diaryl/α,β-unsaturated/α-hetero) is 1. The topological polar surface area (TPSA) is 46.6 Å². The molecule has 0 N–H and O–H groups in total. The predicted molar refractivity (Wildman–Crippen MR) is 76.5 cm³/mol. The lowest BCUT2D eigenvalue weighted by molar-refractivity contribution is -0.137. The first-order valence-corrected chi connectivity index (χ1v) is 7.19. The molecule has 4 heteroatoms. The molecular formula is C16H21NO3. The van der Waals surface area contributed by atoms with E-state index >= 15 is 0 Å². The second-order valence-electron chi connectivity index (χ2n) is 5.07. The van der Waals surface area contributed by atoms with Gasteiger partial charge in [-0.05, 0) is 18.6 Å². The molecule has 0 bridgehead atoms. The number of para-hydroxylation sites is 1. The summed E-state index contributed by atoms with van der Waals surface area (Å²) in [6.45, 7) is 3.50. The van der Waals surface area contributed by atoms with Gasteiger partial charge < -0.3 is 9.64 Å². The molecule has 20 heavy (non-hydrogen) atoms. The van der Waals surface area contributed by atoms with Crippen LogP contribution in [0.3, 0.4) is 0 Å². The smallest absolute Gasteiger partial charge is 0.226 e. The fraction of sp³-hybridized carbons (Fsp3) is 0.500. The summed E-state index contributed by atoms with van der Waals surface area (Å²) < 4.78 is 5.53. The van der Waals surface area contributed by atoms with E-state index in [1.807, 2.05) is 37.3 Å². The summed E-state index contributed by atoms with van der Waals surface area (Å²) in [5, 5.41) is 0. The number of amides is 1. The summed E-state index contributed by atoms with van der Waals surface area (Å²) >= 11 is 0. The number of hydrogen-bond acceptors (Lipinski definition) is 3. The van der Waals surface area contributed by atoms with Crippen LogP contribution >= 0.6 is 0 Å². The van der Waals surface area contributed by atoms with Gasteiger partial charge in [0.1, 0.15) is 11.5 Å². The Morgan fingerprint density at radius 1 is 1.35 bits per heavy atom. The maximum absolute atomic E-state index is 12.1. The zero-order chi connectivity index (χ0) is 14.4. The van der Waals surface area contributed by atoms with E-state index in [0.717, 1.165) is 12.2 Å². The minimum atomic E-state index is 0.0164. The lowest BCUT2D eigenvalue weighted by Gasteiger charge is -2.31. The Balaban J connectivity index is 1.76. The fourth-order valence-corrected chi connectivity index (χ4v) is 2.42.